The highest BCUT2D eigenvalue weighted by atomic mass is 19.4. The van der Waals surface area contributed by atoms with Crippen molar-refractivity contribution in [3.8, 4) is 11.3 Å². The number of nitrogens with zero attached hydrogens (tertiary/aromatic N) is 3. The number of aromatic carboxylic acids is 1. The van der Waals surface area contributed by atoms with Crippen LogP contribution in [0.5, 0.6) is 0 Å². The molecule has 1 aromatic carbocycles. The topological polar surface area (TPSA) is 79.5 Å². The molecule has 218 valence electrons. The fourth-order valence-electron chi connectivity index (χ4n) is 6.59. The predicted molar refractivity (Wildman–Crippen MR) is 135 cm³/mol. The van der Waals surface area contributed by atoms with Crippen LogP contribution >= 0.6 is 0 Å². The monoisotopic (exact) mass is 579 g/mol. The van der Waals surface area contributed by atoms with E-state index in [0.29, 0.717) is 25.3 Å². The van der Waals surface area contributed by atoms with E-state index in [1.165, 1.54) is 18.3 Å². The van der Waals surface area contributed by atoms with Gasteiger partial charge in [0.05, 0.1) is 23.0 Å². The molecule has 3 aromatic rings. The number of piperidine rings is 1. The smallest absolute Gasteiger partial charge is 0.418 e. The lowest BCUT2D eigenvalue weighted by atomic mass is 9.56. The summed E-state index contributed by atoms with van der Waals surface area (Å²) in [6.45, 7) is 1.01. The Kier molecular flexibility index (Phi) is 6.57. The normalized spacial score (nSPS) is 19.4. The summed E-state index contributed by atoms with van der Waals surface area (Å²) < 4.78 is 87.3. The molecule has 0 radical (unpaired) electrons. The first kappa shape index (κ1) is 27.6. The molecular formula is C29H27F6N3O3. The highest BCUT2D eigenvalue weighted by Gasteiger charge is 2.47. The number of aromatic nitrogens is 2. The van der Waals surface area contributed by atoms with Crippen LogP contribution in [0.25, 0.3) is 11.3 Å². The van der Waals surface area contributed by atoms with Gasteiger partial charge in [-0.1, -0.05) is 23.4 Å². The second-order valence-electron chi connectivity index (χ2n) is 11.5. The van der Waals surface area contributed by atoms with Crippen LogP contribution in [-0.4, -0.2) is 34.3 Å². The molecule has 3 aliphatic rings. The van der Waals surface area contributed by atoms with E-state index in [0.717, 1.165) is 56.2 Å². The maximum Gasteiger partial charge on any atom is 0.418 e. The number of carbonyl (C=O) groups is 1. The number of benzene rings is 1. The molecule has 41 heavy (non-hydrogen) atoms. The second kappa shape index (κ2) is 9.77. The maximum absolute atomic E-state index is 13.8. The summed E-state index contributed by atoms with van der Waals surface area (Å²) in [5.41, 5.74) is -1.74. The highest BCUT2D eigenvalue weighted by Crippen LogP contribution is 2.55. The third kappa shape index (κ3) is 5.28. The first-order valence-corrected chi connectivity index (χ1v) is 13.6. The van der Waals surface area contributed by atoms with Gasteiger partial charge in [0.25, 0.3) is 0 Å². The minimum Gasteiger partial charge on any atom is -0.476 e. The van der Waals surface area contributed by atoms with Gasteiger partial charge in [0.15, 0.2) is 5.69 Å². The van der Waals surface area contributed by atoms with Gasteiger partial charge in [0, 0.05) is 30.1 Å². The molecule has 6 nitrogen and oxygen atoms in total. The summed E-state index contributed by atoms with van der Waals surface area (Å²) in [6.07, 6.45) is -2.56. The molecule has 3 fully saturated rings. The summed E-state index contributed by atoms with van der Waals surface area (Å²) >= 11 is 0. The number of anilines is 1. The van der Waals surface area contributed by atoms with Crippen LogP contribution in [0.4, 0.5) is 32.0 Å². The number of hydrogen-bond acceptors (Lipinski definition) is 5. The van der Waals surface area contributed by atoms with Crippen molar-refractivity contribution in [2.45, 2.75) is 63.2 Å². The molecule has 0 bridgehead atoms. The fourth-order valence-corrected chi connectivity index (χ4v) is 6.59. The maximum atomic E-state index is 13.8. The number of alkyl halides is 6. The average Bonchev–Trinajstić information content (AvgIpc) is 3.66. The molecule has 3 heterocycles. The van der Waals surface area contributed by atoms with Crippen LogP contribution in [0, 0.1) is 11.3 Å². The minimum atomic E-state index is -4.84. The number of hydrogen-bond donors (Lipinski definition) is 1. The van der Waals surface area contributed by atoms with Gasteiger partial charge >= 0.3 is 18.3 Å². The standard InChI is InChI=1S/C29H27F6N3O3/c30-28(31,32)21-4-2-1-3-19(21)23-20(25(41-37-23)17-5-6-17)11-16-13-27(14-16)7-9-38(10-8-27)18-12-22(29(33,34)35)24(26(39)40)36-15-18/h1-4,12,15-17H,5-11,13-14H2,(H,39,40). The van der Waals surface area contributed by atoms with E-state index in [9.17, 15) is 31.1 Å². The van der Waals surface area contributed by atoms with Crippen molar-refractivity contribution >= 4 is 11.7 Å². The summed E-state index contributed by atoms with van der Waals surface area (Å²) in [5, 5.41) is 13.2. The zero-order valence-corrected chi connectivity index (χ0v) is 21.9. The van der Waals surface area contributed by atoms with Crippen LogP contribution in [0.1, 0.15) is 77.4 Å². The lowest BCUT2D eigenvalue weighted by Gasteiger charge is -2.53. The lowest BCUT2D eigenvalue weighted by molar-refractivity contribution is -0.138. The Morgan fingerprint density at radius 1 is 1.02 bits per heavy atom. The predicted octanol–water partition coefficient (Wildman–Crippen LogP) is 7.59. The van der Waals surface area contributed by atoms with E-state index in [-0.39, 0.29) is 34.2 Å². The van der Waals surface area contributed by atoms with Gasteiger partial charge in [-0.15, -0.1) is 0 Å². The van der Waals surface area contributed by atoms with E-state index in [1.807, 2.05) is 0 Å². The Hall–Kier alpha value is -3.57. The Balaban J connectivity index is 1.15. The largest absolute Gasteiger partial charge is 0.476 e. The lowest BCUT2D eigenvalue weighted by Crippen LogP contribution is -2.47. The molecule has 6 rings (SSSR count). The first-order chi connectivity index (χ1) is 19.3. The van der Waals surface area contributed by atoms with Crippen LogP contribution in [-0.2, 0) is 18.8 Å². The molecule has 2 saturated carbocycles. The van der Waals surface area contributed by atoms with Crippen LogP contribution in [0.2, 0.25) is 0 Å². The minimum absolute atomic E-state index is 0.0173. The Labute approximate surface area is 231 Å². The highest BCUT2D eigenvalue weighted by molar-refractivity contribution is 5.87. The van der Waals surface area contributed by atoms with Gasteiger partial charge in [-0.2, -0.15) is 26.3 Å². The molecule has 0 unspecified atom stereocenters. The fraction of sp³-hybridized carbons (Fsp3) is 0.483. The average molecular weight is 580 g/mol. The van der Waals surface area contributed by atoms with Crippen molar-refractivity contribution in [1.29, 1.82) is 0 Å². The van der Waals surface area contributed by atoms with E-state index >= 15 is 0 Å². The van der Waals surface area contributed by atoms with Gasteiger partial charge in [0.1, 0.15) is 11.5 Å². The molecule has 1 spiro atoms. The van der Waals surface area contributed by atoms with Crippen molar-refractivity contribution in [2.24, 2.45) is 11.3 Å². The molecule has 0 atom stereocenters. The summed E-state index contributed by atoms with van der Waals surface area (Å²) in [4.78, 5) is 16.6. The zero-order chi connectivity index (χ0) is 29.2. The van der Waals surface area contributed by atoms with E-state index in [1.54, 1.807) is 11.0 Å². The summed E-state index contributed by atoms with van der Waals surface area (Å²) in [7, 11) is 0. The summed E-state index contributed by atoms with van der Waals surface area (Å²) in [6, 6.07) is 6.26. The van der Waals surface area contributed by atoms with Gasteiger partial charge < -0.3 is 14.5 Å². The molecule has 2 aromatic heterocycles. The van der Waals surface area contributed by atoms with Crippen LogP contribution < -0.4 is 4.90 Å². The molecule has 12 heteroatoms. The number of halogens is 6. The van der Waals surface area contributed by atoms with Crippen molar-refractivity contribution in [3.05, 3.63) is 64.7 Å². The Morgan fingerprint density at radius 3 is 2.29 bits per heavy atom. The Morgan fingerprint density at radius 2 is 1.68 bits per heavy atom. The van der Waals surface area contributed by atoms with Crippen molar-refractivity contribution in [1.82, 2.24) is 10.1 Å². The van der Waals surface area contributed by atoms with Crippen molar-refractivity contribution in [3.63, 3.8) is 0 Å². The number of pyridine rings is 1. The van der Waals surface area contributed by atoms with Crippen LogP contribution in [0.3, 0.4) is 0 Å². The number of rotatable bonds is 6. The number of carboxylic acids is 1. The van der Waals surface area contributed by atoms with E-state index in [4.69, 9.17) is 9.63 Å². The number of carboxylic acid groups (broad SMARTS) is 1. The Bertz CT molecular complexity index is 1460. The molecule has 1 saturated heterocycles. The van der Waals surface area contributed by atoms with Crippen molar-refractivity contribution < 1.29 is 40.8 Å². The van der Waals surface area contributed by atoms with Crippen molar-refractivity contribution in [2.75, 3.05) is 18.0 Å². The first-order valence-electron chi connectivity index (χ1n) is 13.6. The third-order valence-corrected chi connectivity index (χ3v) is 8.76. The quantitative estimate of drug-likeness (QED) is 0.303. The third-order valence-electron chi connectivity index (χ3n) is 8.76. The zero-order valence-electron chi connectivity index (χ0n) is 21.9. The van der Waals surface area contributed by atoms with E-state index in [2.05, 4.69) is 10.1 Å². The van der Waals surface area contributed by atoms with Gasteiger partial charge in [-0.25, -0.2) is 9.78 Å². The van der Waals surface area contributed by atoms with E-state index < -0.39 is 35.1 Å². The van der Waals surface area contributed by atoms with Gasteiger partial charge in [0.2, 0.25) is 0 Å². The summed E-state index contributed by atoms with van der Waals surface area (Å²) in [5.74, 6) is -0.622. The molecule has 1 N–H and O–H groups in total. The van der Waals surface area contributed by atoms with Gasteiger partial charge in [-0.05, 0) is 68.4 Å². The molecule has 0 amide bonds. The van der Waals surface area contributed by atoms with Crippen LogP contribution in [0.15, 0.2) is 41.1 Å². The molecule has 2 aliphatic carbocycles. The second-order valence-corrected chi connectivity index (χ2v) is 11.5. The SMILES string of the molecule is O=C(O)c1ncc(N2CCC3(CC2)CC(Cc2c(-c4ccccc4C(F)(F)F)noc2C2CC2)C3)cc1C(F)(F)F. The molecule has 1 aliphatic heterocycles. The molecular weight excluding hydrogens is 552 g/mol. The van der Waals surface area contributed by atoms with Gasteiger partial charge in [-0.3, -0.25) is 0 Å².